The van der Waals surface area contributed by atoms with E-state index in [0.29, 0.717) is 33.4 Å². The predicted octanol–water partition coefficient (Wildman–Crippen LogP) is 4.84. The molecule has 0 bridgehead atoms. The maximum absolute atomic E-state index is 15.0. The third-order valence-corrected chi connectivity index (χ3v) is 7.64. The standard InChI is InChI=1S/C31H33FN4O4S/c1-31(2,40)21-11-12-22(24(32)17-21)26-18-23(29(33)39)30(41-26)36-27-10-6-9-25(35-27)20(16-28(38)34-13-14-37)15-19-7-4-3-5-8-19/h3-12,17-18,20,37,40H,13-16H2,1-2H3,(H2,33,39)(H,34,38)(H,35,36). The topological polar surface area (TPSA) is 138 Å². The van der Waals surface area contributed by atoms with Crippen molar-refractivity contribution >= 4 is 34.0 Å². The normalized spacial score (nSPS) is 12.1. The number of benzene rings is 2. The summed E-state index contributed by atoms with van der Waals surface area (Å²) in [4.78, 5) is 30.1. The van der Waals surface area contributed by atoms with Crippen molar-refractivity contribution in [1.82, 2.24) is 10.3 Å². The van der Waals surface area contributed by atoms with Crippen LogP contribution in [-0.4, -0.2) is 40.2 Å². The fourth-order valence-electron chi connectivity index (χ4n) is 4.43. The zero-order valence-electron chi connectivity index (χ0n) is 22.9. The molecule has 6 N–H and O–H groups in total. The average molecular weight is 577 g/mol. The van der Waals surface area contributed by atoms with Crippen molar-refractivity contribution < 1.29 is 24.2 Å². The van der Waals surface area contributed by atoms with Gasteiger partial charge in [-0.1, -0.05) is 48.5 Å². The Bertz CT molecular complexity index is 1520. The molecular weight excluding hydrogens is 543 g/mol. The molecule has 41 heavy (non-hydrogen) atoms. The van der Waals surface area contributed by atoms with Crippen LogP contribution in [0.25, 0.3) is 10.4 Å². The molecule has 0 aliphatic rings. The Morgan fingerprint density at radius 3 is 2.49 bits per heavy atom. The van der Waals surface area contributed by atoms with E-state index in [1.807, 2.05) is 42.5 Å². The zero-order valence-corrected chi connectivity index (χ0v) is 23.7. The molecule has 0 saturated heterocycles. The van der Waals surface area contributed by atoms with Crippen LogP contribution < -0.4 is 16.4 Å². The van der Waals surface area contributed by atoms with Gasteiger partial charge in [0, 0.05) is 35.0 Å². The maximum atomic E-state index is 15.0. The Kier molecular flexibility index (Phi) is 9.49. The highest BCUT2D eigenvalue weighted by molar-refractivity contribution is 7.20. The summed E-state index contributed by atoms with van der Waals surface area (Å²) >= 11 is 1.16. The number of carbonyl (C=O) groups excluding carboxylic acids is 2. The van der Waals surface area contributed by atoms with E-state index in [9.17, 15) is 14.7 Å². The van der Waals surface area contributed by atoms with Crippen LogP contribution in [0.4, 0.5) is 15.2 Å². The SMILES string of the molecule is CC(C)(O)c1ccc(-c2cc(C(N)=O)c(Nc3cccc(C(CC(=O)NCCO)Cc4ccccc4)n3)s2)c(F)c1. The first-order chi connectivity index (χ1) is 19.5. The number of pyridine rings is 1. The number of primary amides is 1. The summed E-state index contributed by atoms with van der Waals surface area (Å²) in [6.07, 6.45) is 0.737. The Hall–Kier alpha value is -4.12. The largest absolute Gasteiger partial charge is 0.395 e. The minimum Gasteiger partial charge on any atom is -0.395 e. The molecule has 1 atom stereocenters. The predicted molar refractivity (Wildman–Crippen MR) is 159 cm³/mol. The van der Waals surface area contributed by atoms with E-state index >= 15 is 4.39 Å². The van der Waals surface area contributed by atoms with Crippen molar-refractivity contribution in [3.8, 4) is 10.4 Å². The summed E-state index contributed by atoms with van der Waals surface area (Å²) < 4.78 is 15.0. The number of aliphatic hydroxyl groups excluding tert-OH is 1. The molecule has 8 nitrogen and oxygen atoms in total. The lowest BCUT2D eigenvalue weighted by Gasteiger charge is -2.18. The number of carbonyl (C=O) groups is 2. The maximum Gasteiger partial charge on any atom is 0.251 e. The minimum absolute atomic E-state index is 0.148. The van der Waals surface area contributed by atoms with Gasteiger partial charge in [0.05, 0.1) is 17.8 Å². The lowest BCUT2D eigenvalue weighted by Crippen LogP contribution is -2.28. The molecule has 214 valence electrons. The smallest absolute Gasteiger partial charge is 0.251 e. The molecule has 0 radical (unpaired) electrons. The second-order valence-electron chi connectivity index (χ2n) is 10.2. The van der Waals surface area contributed by atoms with Crippen LogP contribution in [0.15, 0.2) is 72.8 Å². The first-order valence-electron chi connectivity index (χ1n) is 13.2. The van der Waals surface area contributed by atoms with Crippen LogP contribution in [0.2, 0.25) is 0 Å². The second kappa shape index (κ2) is 13.0. The quantitative estimate of drug-likeness (QED) is 0.164. The van der Waals surface area contributed by atoms with Crippen molar-refractivity contribution in [3.63, 3.8) is 0 Å². The van der Waals surface area contributed by atoms with E-state index < -0.39 is 17.3 Å². The van der Waals surface area contributed by atoms with Crippen LogP contribution in [0.1, 0.15) is 53.4 Å². The van der Waals surface area contributed by atoms with Gasteiger partial charge in [0.15, 0.2) is 0 Å². The molecule has 0 saturated carbocycles. The average Bonchev–Trinajstić information content (AvgIpc) is 3.35. The number of thiophene rings is 1. The minimum atomic E-state index is -1.20. The van der Waals surface area contributed by atoms with Crippen LogP contribution in [0, 0.1) is 5.82 Å². The first-order valence-corrected chi connectivity index (χ1v) is 14.0. The number of amides is 2. The van der Waals surface area contributed by atoms with E-state index in [2.05, 4.69) is 10.6 Å². The van der Waals surface area contributed by atoms with Gasteiger partial charge in [-0.05, 0) is 55.7 Å². The number of anilines is 2. The fraction of sp³-hybridized carbons (Fsp3) is 0.258. The molecule has 1 unspecified atom stereocenters. The van der Waals surface area contributed by atoms with Crippen molar-refractivity contribution in [2.75, 3.05) is 18.5 Å². The third-order valence-electron chi connectivity index (χ3n) is 6.56. The molecule has 0 aliphatic heterocycles. The first kappa shape index (κ1) is 29.9. The summed E-state index contributed by atoms with van der Waals surface area (Å²) in [5, 5.41) is 25.6. The number of aliphatic hydroxyl groups is 2. The molecule has 4 aromatic rings. The molecule has 10 heteroatoms. The van der Waals surface area contributed by atoms with E-state index in [0.717, 1.165) is 16.9 Å². The van der Waals surface area contributed by atoms with Crippen LogP contribution in [-0.2, 0) is 16.8 Å². The number of halogens is 1. The van der Waals surface area contributed by atoms with E-state index in [1.54, 1.807) is 32.0 Å². The number of nitrogens with zero attached hydrogens (tertiary/aromatic N) is 1. The van der Waals surface area contributed by atoms with E-state index in [-0.39, 0.29) is 42.5 Å². The Labute approximate surface area is 242 Å². The number of nitrogens with one attached hydrogen (secondary N) is 2. The van der Waals surface area contributed by atoms with Gasteiger partial charge in [-0.25, -0.2) is 9.37 Å². The van der Waals surface area contributed by atoms with Gasteiger partial charge in [0.2, 0.25) is 5.91 Å². The van der Waals surface area contributed by atoms with Crippen molar-refractivity contribution in [2.45, 2.75) is 38.2 Å². The Morgan fingerprint density at radius 1 is 1.07 bits per heavy atom. The molecule has 2 amide bonds. The van der Waals surface area contributed by atoms with Crippen LogP contribution >= 0.6 is 11.3 Å². The van der Waals surface area contributed by atoms with Crippen molar-refractivity contribution in [2.24, 2.45) is 5.73 Å². The lowest BCUT2D eigenvalue weighted by atomic mass is 9.92. The second-order valence-corrected chi connectivity index (χ2v) is 11.3. The number of nitrogens with two attached hydrogens (primary N) is 1. The van der Waals surface area contributed by atoms with Gasteiger partial charge in [-0.2, -0.15) is 0 Å². The van der Waals surface area contributed by atoms with Crippen molar-refractivity contribution in [3.05, 3.63) is 101 Å². The summed E-state index contributed by atoms with van der Waals surface area (Å²) in [5.41, 5.74) is 7.06. The van der Waals surface area contributed by atoms with Gasteiger partial charge >= 0.3 is 0 Å². The third kappa shape index (κ3) is 7.75. The molecule has 0 aliphatic carbocycles. The lowest BCUT2D eigenvalue weighted by molar-refractivity contribution is -0.121. The number of hydrogen-bond donors (Lipinski definition) is 5. The zero-order chi connectivity index (χ0) is 29.6. The van der Waals surface area contributed by atoms with Gasteiger partial charge in [0.1, 0.15) is 16.6 Å². The molecule has 2 aromatic heterocycles. The highest BCUT2D eigenvalue weighted by Gasteiger charge is 2.22. The van der Waals surface area contributed by atoms with Crippen molar-refractivity contribution in [1.29, 1.82) is 0 Å². The molecule has 4 rings (SSSR count). The molecule has 2 aromatic carbocycles. The summed E-state index contributed by atoms with van der Waals surface area (Å²) in [5.74, 6) is -1.23. The number of aromatic nitrogens is 1. The molecular formula is C31H33FN4O4S. The Balaban J connectivity index is 1.63. The van der Waals surface area contributed by atoms with Gasteiger partial charge < -0.3 is 26.6 Å². The van der Waals surface area contributed by atoms with Gasteiger partial charge in [-0.3, -0.25) is 9.59 Å². The summed E-state index contributed by atoms with van der Waals surface area (Å²) in [6, 6.07) is 21.2. The number of hydrogen-bond acceptors (Lipinski definition) is 7. The molecule has 2 heterocycles. The Morgan fingerprint density at radius 2 is 1.83 bits per heavy atom. The summed E-state index contributed by atoms with van der Waals surface area (Å²) in [7, 11) is 0. The number of rotatable bonds is 12. The van der Waals surface area contributed by atoms with Crippen LogP contribution in [0.3, 0.4) is 0 Å². The molecule has 0 fully saturated rings. The van der Waals surface area contributed by atoms with Crippen LogP contribution in [0.5, 0.6) is 0 Å². The monoisotopic (exact) mass is 576 g/mol. The van der Waals surface area contributed by atoms with Gasteiger partial charge in [0.25, 0.3) is 5.91 Å². The summed E-state index contributed by atoms with van der Waals surface area (Å²) in [6.45, 7) is 3.18. The van der Waals surface area contributed by atoms with Gasteiger partial charge in [-0.15, -0.1) is 11.3 Å². The molecule has 0 spiro atoms. The van der Waals surface area contributed by atoms with E-state index in [1.165, 1.54) is 12.1 Å². The fourth-order valence-corrected chi connectivity index (χ4v) is 5.53. The highest BCUT2D eigenvalue weighted by atomic mass is 32.1. The highest BCUT2D eigenvalue weighted by Crippen LogP contribution is 2.39. The van der Waals surface area contributed by atoms with E-state index in [4.69, 9.17) is 15.8 Å².